The summed E-state index contributed by atoms with van der Waals surface area (Å²) in [6.45, 7) is 16.2. The molecule has 3 rings (SSSR count). The number of hydrogen-bond donors (Lipinski definition) is 0. The molecule has 0 radical (unpaired) electrons. The number of allylic oxidation sites excluding steroid dienone is 3. The van der Waals surface area contributed by atoms with Gasteiger partial charge in [-0.2, -0.15) is 0 Å². The molecule has 0 aliphatic carbocycles. The lowest BCUT2D eigenvalue weighted by Gasteiger charge is -2.32. The maximum atomic E-state index is 13.6. The molecule has 202 valence electrons. The van der Waals surface area contributed by atoms with Crippen molar-refractivity contribution >= 4 is 5.91 Å². The van der Waals surface area contributed by atoms with E-state index in [0.29, 0.717) is 12.5 Å². The maximum absolute atomic E-state index is 13.6. The van der Waals surface area contributed by atoms with Gasteiger partial charge in [0.2, 0.25) is 5.91 Å². The molecule has 4 nitrogen and oxygen atoms in total. The summed E-state index contributed by atoms with van der Waals surface area (Å²) in [6, 6.07) is 6.95. The molecule has 2 aliphatic rings. The van der Waals surface area contributed by atoms with Crippen molar-refractivity contribution in [3.8, 4) is 18.1 Å². The third kappa shape index (κ3) is 8.24. The highest BCUT2D eigenvalue weighted by Crippen LogP contribution is 2.40. The van der Waals surface area contributed by atoms with Gasteiger partial charge in [0.05, 0.1) is 13.2 Å². The van der Waals surface area contributed by atoms with E-state index in [1.807, 2.05) is 6.08 Å². The summed E-state index contributed by atoms with van der Waals surface area (Å²) < 4.78 is 5.74. The van der Waals surface area contributed by atoms with Crippen LogP contribution in [0.3, 0.4) is 0 Å². The SMILES string of the molecule is C#C[C@@](C)(C=C(C)C)C[C@H]1C[C@@H](c2ccc3c(c2)CCO3)CN1CC(=O)N(CCCC)CCCCC=C. The largest absolute Gasteiger partial charge is 0.493 e. The van der Waals surface area contributed by atoms with Crippen LogP contribution in [0, 0.1) is 17.8 Å². The highest BCUT2D eigenvalue weighted by molar-refractivity contribution is 5.78. The molecule has 0 bridgehead atoms. The second-order valence-corrected chi connectivity index (χ2v) is 11.5. The van der Waals surface area contributed by atoms with Gasteiger partial charge in [-0.1, -0.05) is 49.1 Å². The summed E-state index contributed by atoms with van der Waals surface area (Å²) in [7, 11) is 0. The lowest BCUT2D eigenvalue weighted by Crippen LogP contribution is -2.44. The molecule has 0 saturated carbocycles. The number of unbranched alkanes of at least 4 members (excludes halogenated alkanes) is 3. The molecule has 2 heterocycles. The second-order valence-electron chi connectivity index (χ2n) is 11.5. The van der Waals surface area contributed by atoms with Crippen LogP contribution < -0.4 is 4.74 Å². The van der Waals surface area contributed by atoms with Gasteiger partial charge in [0.25, 0.3) is 0 Å². The van der Waals surface area contributed by atoms with Crippen molar-refractivity contribution in [2.45, 2.75) is 91.0 Å². The predicted molar refractivity (Wildman–Crippen MR) is 155 cm³/mol. The van der Waals surface area contributed by atoms with Crippen LogP contribution in [0.4, 0.5) is 0 Å². The molecule has 1 saturated heterocycles. The monoisotopic (exact) mass is 504 g/mol. The van der Waals surface area contributed by atoms with Gasteiger partial charge in [0, 0.05) is 37.5 Å². The summed E-state index contributed by atoms with van der Waals surface area (Å²) in [5, 5.41) is 0. The van der Waals surface area contributed by atoms with Gasteiger partial charge in [-0.05, 0) is 82.4 Å². The first-order valence-electron chi connectivity index (χ1n) is 14.3. The van der Waals surface area contributed by atoms with E-state index >= 15 is 0 Å². The standard InChI is InChI=1S/C33H48N2O2/c1-7-10-12-13-18-34(17-11-8-2)32(36)25-35-24-29(27-14-15-31-28(20-27)16-19-37-31)21-30(35)23-33(6,9-3)22-26(4)5/h3,7,14-15,20,22,29-30H,1,8,10-13,16-19,21,23-25H2,2,4-6H3/t29-,30-,33+/m1/s1. The van der Waals surface area contributed by atoms with Crippen molar-refractivity contribution in [2.75, 3.05) is 32.8 Å². The average molecular weight is 505 g/mol. The Morgan fingerprint density at radius 1 is 1.30 bits per heavy atom. The Balaban J connectivity index is 1.78. The number of hydrogen-bond acceptors (Lipinski definition) is 3. The van der Waals surface area contributed by atoms with E-state index in [9.17, 15) is 4.79 Å². The first-order valence-corrected chi connectivity index (χ1v) is 14.3. The topological polar surface area (TPSA) is 32.8 Å². The number of fused-ring (bicyclic) bond motifs is 1. The van der Waals surface area contributed by atoms with E-state index in [2.05, 4.69) is 74.3 Å². The number of rotatable bonds is 14. The van der Waals surface area contributed by atoms with E-state index in [4.69, 9.17) is 11.2 Å². The zero-order valence-corrected chi connectivity index (χ0v) is 23.7. The molecule has 1 fully saturated rings. The molecule has 2 aliphatic heterocycles. The van der Waals surface area contributed by atoms with E-state index < -0.39 is 0 Å². The van der Waals surface area contributed by atoms with Gasteiger partial charge in [0.1, 0.15) is 5.75 Å². The fourth-order valence-corrected chi connectivity index (χ4v) is 5.95. The Labute approximate surface area is 226 Å². The zero-order valence-electron chi connectivity index (χ0n) is 23.7. The molecule has 0 N–H and O–H groups in total. The van der Waals surface area contributed by atoms with Crippen molar-refractivity contribution in [3.05, 3.63) is 53.6 Å². The van der Waals surface area contributed by atoms with Gasteiger partial charge in [-0.15, -0.1) is 13.0 Å². The third-order valence-corrected chi connectivity index (χ3v) is 7.87. The molecular formula is C33H48N2O2. The van der Waals surface area contributed by atoms with E-state index in [1.165, 1.54) is 16.7 Å². The minimum Gasteiger partial charge on any atom is -0.493 e. The van der Waals surface area contributed by atoms with E-state index in [0.717, 1.165) is 83.4 Å². The molecular weight excluding hydrogens is 456 g/mol. The van der Waals surface area contributed by atoms with Crippen LogP contribution in [0.1, 0.15) is 89.7 Å². The van der Waals surface area contributed by atoms with Crippen LogP contribution in [0.5, 0.6) is 5.75 Å². The van der Waals surface area contributed by atoms with E-state index in [1.54, 1.807) is 0 Å². The van der Waals surface area contributed by atoms with Crippen LogP contribution >= 0.6 is 0 Å². The number of amides is 1. The van der Waals surface area contributed by atoms with Crippen LogP contribution in [-0.2, 0) is 11.2 Å². The van der Waals surface area contributed by atoms with E-state index in [-0.39, 0.29) is 17.4 Å². The molecule has 1 aromatic rings. The Morgan fingerprint density at radius 2 is 2.08 bits per heavy atom. The minimum absolute atomic E-state index is 0.254. The number of ether oxygens (including phenoxy) is 1. The van der Waals surface area contributed by atoms with Gasteiger partial charge < -0.3 is 9.64 Å². The van der Waals surface area contributed by atoms with Gasteiger partial charge in [0.15, 0.2) is 0 Å². The zero-order chi connectivity index (χ0) is 26.8. The van der Waals surface area contributed by atoms with Gasteiger partial charge >= 0.3 is 0 Å². The van der Waals surface area contributed by atoms with Gasteiger partial charge in [-0.3, -0.25) is 9.69 Å². The Kier molecular flexibility index (Phi) is 10.9. The molecule has 0 aromatic heterocycles. The first kappa shape index (κ1) is 29.1. The fraction of sp³-hybridized carbons (Fsp3) is 0.606. The highest BCUT2D eigenvalue weighted by Gasteiger charge is 2.38. The minimum atomic E-state index is -0.321. The number of carbonyl (C=O) groups excluding carboxylic acids is 1. The number of benzene rings is 1. The summed E-state index contributed by atoms with van der Waals surface area (Å²) in [5.74, 6) is 4.74. The summed E-state index contributed by atoms with van der Waals surface area (Å²) in [6.07, 6.45) is 18.4. The Morgan fingerprint density at radius 3 is 2.78 bits per heavy atom. The highest BCUT2D eigenvalue weighted by atomic mass is 16.5. The average Bonchev–Trinajstić information content (AvgIpc) is 3.49. The van der Waals surface area contributed by atoms with Crippen molar-refractivity contribution in [1.29, 1.82) is 0 Å². The lowest BCUT2D eigenvalue weighted by molar-refractivity contribution is -0.133. The van der Waals surface area contributed by atoms with Crippen molar-refractivity contribution in [3.63, 3.8) is 0 Å². The van der Waals surface area contributed by atoms with Crippen LogP contribution in [-0.4, -0.2) is 54.5 Å². The quantitative estimate of drug-likeness (QED) is 0.159. The number of likely N-dealkylation sites (tertiary alicyclic amines) is 1. The van der Waals surface area contributed by atoms with Crippen molar-refractivity contribution in [1.82, 2.24) is 9.80 Å². The molecule has 1 amide bonds. The van der Waals surface area contributed by atoms with Crippen LogP contribution in [0.15, 0.2) is 42.5 Å². The second kappa shape index (κ2) is 13.9. The van der Waals surface area contributed by atoms with Gasteiger partial charge in [-0.25, -0.2) is 0 Å². The number of carbonyl (C=O) groups is 1. The number of terminal acetylenes is 1. The molecule has 1 aromatic carbocycles. The molecule has 0 unspecified atom stereocenters. The Hall–Kier alpha value is -2.51. The molecule has 4 heteroatoms. The fourth-order valence-electron chi connectivity index (χ4n) is 5.95. The normalized spacial score (nSPS) is 20.4. The summed E-state index contributed by atoms with van der Waals surface area (Å²) in [4.78, 5) is 18.1. The summed E-state index contributed by atoms with van der Waals surface area (Å²) >= 11 is 0. The predicted octanol–water partition coefficient (Wildman–Crippen LogP) is 6.76. The van der Waals surface area contributed by atoms with Crippen LogP contribution in [0.25, 0.3) is 0 Å². The maximum Gasteiger partial charge on any atom is 0.236 e. The van der Waals surface area contributed by atoms with Crippen molar-refractivity contribution < 1.29 is 9.53 Å². The summed E-state index contributed by atoms with van der Waals surface area (Å²) in [5.41, 5.74) is 3.59. The van der Waals surface area contributed by atoms with Crippen molar-refractivity contribution in [2.24, 2.45) is 5.41 Å². The lowest BCUT2D eigenvalue weighted by atomic mass is 9.81. The molecule has 37 heavy (non-hydrogen) atoms. The Bertz CT molecular complexity index is 987. The van der Waals surface area contributed by atoms with Crippen LogP contribution in [0.2, 0.25) is 0 Å². The first-order chi connectivity index (χ1) is 17.8. The molecule has 0 spiro atoms. The third-order valence-electron chi connectivity index (χ3n) is 7.87. The number of nitrogens with zero attached hydrogens (tertiary/aromatic N) is 2. The smallest absolute Gasteiger partial charge is 0.236 e. The molecule has 3 atom stereocenters.